The smallest absolute Gasteiger partial charge is 0.375 e. The van der Waals surface area contributed by atoms with Crippen molar-refractivity contribution < 1.29 is 25.8 Å². The molecule has 0 unspecified atom stereocenters. The van der Waals surface area contributed by atoms with Gasteiger partial charge in [0.05, 0.1) is 5.52 Å². The lowest BCUT2D eigenvalue weighted by Crippen LogP contribution is -2.28. The van der Waals surface area contributed by atoms with Crippen molar-refractivity contribution in [3.05, 3.63) is 33.9 Å². The van der Waals surface area contributed by atoms with E-state index in [1.165, 1.54) is 6.20 Å². The Bertz CT molecular complexity index is 819. The molecule has 1 aromatic carbocycles. The molecular formula is C12H9BrF3NO3S. The van der Waals surface area contributed by atoms with Gasteiger partial charge in [-0.3, -0.25) is 4.98 Å². The lowest BCUT2D eigenvalue weighted by molar-refractivity contribution is -0.0499. The Morgan fingerprint density at radius 3 is 2.48 bits per heavy atom. The van der Waals surface area contributed by atoms with Gasteiger partial charge in [-0.1, -0.05) is 15.9 Å². The summed E-state index contributed by atoms with van der Waals surface area (Å²) in [7, 11) is -5.73. The van der Waals surface area contributed by atoms with E-state index < -0.39 is 21.4 Å². The van der Waals surface area contributed by atoms with Gasteiger partial charge in [-0.15, -0.1) is 0 Å². The first kappa shape index (κ1) is 16.0. The molecule has 1 aromatic heterocycles. The van der Waals surface area contributed by atoms with Crippen molar-refractivity contribution in [1.82, 2.24) is 4.98 Å². The third kappa shape index (κ3) is 2.84. The van der Waals surface area contributed by atoms with E-state index >= 15 is 0 Å². The van der Waals surface area contributed by atoms with Crippen molar-refractivity contribution in [3.63, 3.8) is 0 Å². The van der Waals surface area contributed by atoms with E-state index in [1.807, 2.05) is 0 Å². The minimum Gasteiger partial charge on any atom is -0.375 e. The number of halogens is 4. The average molecular weight is 384 g/mol. The van der Waals surface area contributed by atoms with Crippen LogP contribution in [0.25, 0.3) is 10.9 Å². The Balaban J connectivity index is 2.70. The van der Waals surface area contributed by atoms with Gasteiger partial charge in [0.1, 0.15) is 0 Å². The maximum Gasteiger partial charge on any atom is 0.534 e. The van der Waals surface area contributed by atoms with Gasteiger partial charge < -0.3 is 4.18 Å². The lowest BCUT2D eigenvalue weighted by atomic mass is 10.1. The number of aryl methyl sites for hydroxylation is 2. The summed E-state index contributed by atoms with van der Waals surface area (Å²) in [5, 5.41) is 0.211. The van der Waals surface area contributed by atoms with Gasteiger partial charge in [0.15, 0.2) is 5.75 Å². The van der Waals surface area contributed by atoms with E-state index in [0.717, 1.165) is 11.6 Å². The molecule has 0 amide bonds. The maximum atomic E-state index is 12.4. The number of hydrogen-bond acceptors (Lipinski definition) is 4. The van der Waals surface area contributed by atoms with E-state index in [-0.39, 0.29) is 5.39 Å². The lowest BCUT2D eigenvalue weighted by Gasteiger charge is -2.14. The molecule has 0 aliphatic carbocycles. The molecule has 0 atom stereocenters. The van der Waals surface area contributed by atoms with Crippen LogP contribution in [-0.2, 0) is 10.1 Å². The quantitative estimate of drug-likeness (QED) is 0.583. The number of aromatic nitrogens is 1. The van der Waals surface area contributed by atoms with Crippen LogP contribution in [0.3, 0.4) is 0 Å². The van der Waals surface area contributed by atoms with E-state index in [1.54, 1.807) is 19.9 Å². The Morgan fingerprint density at radius 1 is 1.29 bits per heavy atom. The van der Waals surface area contributed by atoms with E-state index in [9.17, 15) is 21.6 Å². The molecule has 0 bridgehead atoms. The van der Waals surface area contributed by atoms with Gasteiger partial charge in [-0.05, 0) is 31.0 Å². The van der Waals surface area contributed by atoms with Gasteiger partial charge in [0, 0.05) is 22.1 Å². The normalized spacial score (nSPS) is 12.7. The van der Waals surface area contributed by atoms with Gasteiger partial charge in [0.2, 0.25) is 0 Å². The van der Waals surface area contributed by atoms with Crippen LogP contribution in [0, 0.1) is 13.8 Å². The molecule has 0 radical (unpaired) electrons. The van der Waals surface area contributed by atoms with Gasteiger partial charge in [-0.2, -0.15) is 21.6 Å². The first-order valence-corrected chi connectivity index (χ1v) is 7.80. The number of nitrogens with zero attached hydrogens (tertiary/aromatic N) is 1. The number of pyridine rings is 1. The molecule has 0 saturated carbocycles. The minimum absolute atomic E-state index is 0.211. The molecule has 21 heavy (non-hydrogen) atoms. The molecule has 114 valence electrons. The third-order valence-corrected chi connectivity index (χ3v) is 5.01. The van der Waals surface area contributed by atoms with E-state index in [4.69, 9.17) is 0 Å². The first-order valence-electron chi connectivity index (χ1n) is 5.60. The molecule has 0 N–H and O–H groups in total. The third-order valence-electron chi connectivity index (χ3n) is 2.83. The number of hydrogen-bond donors (Lipinski definition) is 0. The summed E-state index contributed by atoms with van der Waals surface area (Å²) in [6, 6.07) is 2.71. The maximum absolute atomic E-state index is 12.4. The molecule has 0 aliphatic heterocycles. The van der Waals surface area contributed by atoms with Crippen LogP contribution in [0.15, 0.2) is 22.8 Å². The zero-order chi connectivity index (χ0) is 16.0. The second kappa shape index (κ2) is 5.13. The molecule has 2 aromatic rings. The summed E-state index contributed by atoms with van der Waals surface area (Å²) in [6.45, 7) is 3.42. The van der Waals surface area contributed by atoms with Crippen LogP contribution in [0.2, 0.25) is 0 Å². The fourth-order valence-electron chi connectivity index (χ4n) is 1.85. The summed E-state index contributed by atoms with van der Waals surface area (Å²) in [5.74, 6) is -0.407. The number of fused-ring (bicyclic) bond motifs is 1. The standard InChI is InChI=1S/C12H9BrF3NO3S/c1-6-5-8-10(7(2)11(6)13)9(3-4-17-8)20-21(18,19)12(14,15)16/h3-5H,1-2H3. The SMILES string of the molecule is Cc1cc2nccc(OS(=O)(=O)C(F)(F)F)c2c(C)c1Br. The predicted octanol–water partition coefficient (Wildman–Crippen LogP) is 3.84. The van der Waals surface area contributed by atoms with E-state index in [2.05, 4.69) is 25.1 Å². The summed E-state index contributed by atoms with van der Waals surface area (Å²) in [6.07, 6.45) is 1.19. The zero-order valence-corrected chi connectivity index (χ0v) is 13.2. The van der Waals surface area contributed by atoms with Crippen molar-refractivity contribution >= 4 is 37.0 Å². The van der Waals surface area contributed by atoms with Crippen molar-refractivity contribution in [2.75, 3.05) is 0 Å². The van der Waals surface area contributed by atoms with Gasteiger partial charge >= 0.3 is 15.6 Å². The Kier molecular flexibility index (Phi) is 3.92. The summed E-state index contributed by atoms with van der Waals surface area (Å²) < 4.78 is 64.5. The molecule has 1 heterocycles. The number of alkyl halides is 3. The Hall–Kier alpha value is -1.35. The molecule has 0 saturated heterocycles. The molecule has 4 nitrogen and oxygen atoms in total. The molecule has 2 rings (SSSR count). The second-order valence-corrected chi connectivity index (χ2v) is 6.65. The topological polar surface area (TPSA) is 56.3 Å². The summed E-state index contributed by atoms with van der Waals surface area (Å²) in [5.41, 5.74) is -3.77. The summed E-state index contributed by atoms with van der Waals surface area (Å²) in [4.78, 5) is 4.02. The van der Waals surface area contributed by atoms with Crippen LogP contribution < -0.4 is 4.18 Å². The highest BCUT2D eigenvalue weighted by Gasteiger charge is 2.48. The predicted molar refractivity (Wildman–Crippen MR) is 74.5 cm³/mol. The Morgan fingerprint density at radius 2 is 1.90 bits per heavy atom. The second-order valence-electron chi connectivity index (χ2n) is 4.32. The molecule has 0 spiro atoms. The first-order chi connectivity index (χ1) is 9.54. The fraction of sp³-hybridized carbons (Fsp3) is 0.250. The van der Waals surface area contributed by atoms with E-state index in [0.29, 0.717) is 15.6 Å². The molecule has 0 aliphatic rings. The van der Waals surface area contributed by atoms with Crippen molar-refractivity contribution in [2.24, 2.45) is 0 Å². The highest BCUT2D eigenvalue weighted by atomic mass is 79.9. The Labute approximate surface area is 127 Å². The van der Waals surface area contributed by atoms with Crippen LogP contribution in [0.5, 0.6) is 5.75 Å². The van der Waals surface area contributed by atoms with Gasteiger partial charge in [0.25, 0.3) is 0 Å². The summed E-state index contributed by atoms with van der Waals surface area (Å²) >= 11 is 3.30. The van der Waals surface area contributed by atoms with Crippen LogP contribution >= 0.6 is 15.9 Å². The highest BCUT2D eigenvalue weighted by Crippen LogP contribution is 2.36. The molecule has 0 fully saturated rings. The number of benzene rings is 1. The van der Waals surface area contributed by atoms with Gasteiger partial charge in [-0.25, -0.2) is 0 Å². The minimum atomic E-state index is -5.73. The highest BCUT2D eigenvalue weighted by molar-refractivity contribution is 9.10. The van der Waals surface area contributed by atoms with Crippen LogP contribution in [0.4, 0.5) is 13.2 Å². The van der Waals surface area contributed by atoms with Crippen molar-refractivity contribution in [2.45, 2.75) is 19.4 Å². The zero-order valence-electron chi connectivity index (χ0n) is 10.8. The monoisotopic (exact) mass is 383 g/mol. The average Bonchev–Trinajstić information content (AvgIpc) is 2.34. The van der Waals surface area contributed by atoms with Crippen molar-refractivity contribution in [3.8, 4) is 5.75 Å². The molecule has 9 heteroatoms. The molecular weight excluding hydrogens is 375 g/mol. The fourth-order valence-corrected chi connectivity index (χ4v) is 2.64. The van der Waals surface area contributed by atoms with Crippen molar-refractivity contribution in [1.29, 1.82) is 0 Å². The van der Waals surface area contributed by atoms with Crippen LogP contribution in [0.1, 0.15) is 11.1 Å². The largest absolute Gasteiger partial charge is 0.534 e. The number of rotatable bonds is 2. The van der Waals surface area contributed by atoms with Crippen LogP contribution in [-0.4, -0.2) is 18.9 Å².